The molecule has 1 N–H and O–H groups in total. The summed E-state index contributed by atoms with van der Waals surface area (Å²) in [4.78, 5) is 12.8. The number of carbonyl (C=O) groups is 1. The Morgan fingerprint density at radius 3 is 2.11 bits per heavy atom. The molecule has 0 radical (unpaired) electrons. The van der Waals surface area contributed by atoms with E-state index in [0.717, 1.165) is 25.7 Å². The Labute approximate surface area is 118 Å². The van der Waals surface area contributed by atoms with E-state index < -0.39 is 15.4 Å². The first kappa shape index (κ1) is 18.4. The third-order valence-corrected chi connectivity index (χ3v) is 5.71. The van der Waals surface area contributed by atoms with Gasteiger partial charge in [0, 0.05) is 19.8 Å². The highest BCUT2D eigenvalue weighted by Gasteiger charge is 2.33. The van der Waals surface area contributed by atoms with E-state index in [1.54, 1.807) is 0 Å². The number of amides is 1. The zero-order valence-corrected chi connectivity index (χ0v) is 13.9. The molecule has 0 aliphatic heterocycles. The molecule has 0 rings (SSSR count). The summed E-state index contributed by atoms with van der Waals surface area (Å²) in [5.41, 5.74) is -0.0889. The van der Waals surface area contributed by atoms with E-state index in [-0.39, 0.29) is 5.67 Å². The fourth-order valence-electron chi connectivity index (χ4n) is 2.15. The lowest BCUT2D eigenvalue weighted by atomic mass is 10.2. The maximum absolute atomic E-state index is 11.4. The lowest BCUT2D eigenvalue weighted by molar-refractivity contribution is 0.117. The van der Waals surface area contributed by atoms with Crippen LogP contribution in [0.15, 0.2) is 0 Å². The molecule has 0 saturated heterocycles. The second kappa shape index (κ2) is 11.3. The van der Waals surface area contributed by atoms with Gasteiger partial charge in [-0.3, -0.25) is 0 Å². The minimum Gasteiger partial charge on any atom is -0.465 e. The third kappa shape index (κ3) is 6.94. The monoisotopic (exact) mass is 291 g/mol. The van der Waals surface area contributed by atoms with Gasteiger partial charge in [0.15, 0.2) is 0 Å². The molecule has 114 valence electrons. The quantitative estimate of drug-likeness (QED) is 0.470. The van der Waals surface area contributed by atoms with Crippen molar-refractivity contribution in [2.75, 3.05) is 19.8 Å². The molecule has 1 atom stereocenters. The molecule has 1 amide bonds. The molecule has 6 heteroatoms. The van der Waals surface area contributed by atoms with E-state index >= 15 is 0 Å². The van der Waals surface area contributed by atoms with Crippen molar-refractivity contribution in [3.63, 3.8) is 0 Å². The first-order valence-corrected chi connectivity index (χ1v) is 8.95. The van der Waals surface area contributed by atoms with Gasteiger partial charge in [0.25, 0.3) is 0 Å². The Hall–Kier alpha value is -0.593. The van der Waals surface area contributed by atoms with Crippen LogP contribution in [-0.2, 0) is 8.85 Å². The standard InChI is InChI=1S/C13H29NO4Si/c1-5-9-10-11-12(14(6-2)13(15)16)19(17-7-3)18-8-4/h12,19H,5-11H2,1-4H3,(H,15,16). The lowest BCUT2D eigenvalue weighted by Gasteiger charge is -2.32. The molecule has 0 saturated carbocycles. The Morgan fingerprint density at radius 2 is 1.74 bits per heavy atom. The number of hydrogen-bond acceptors (Lipinski definition) is 3. The van der Waals surface area contributed by atoms with Crippen LogP contribution in [0.2, 0.25) is 0 Å². The van der Waals surface area contributed by atoms with Gasteiger partial charge < -0.3 is 18.9 Å². The SMILES string of the molecule is CCCCCC(N(CC)C(=O)O)[SiH](OCC)OCC. The third-order valence-electron chi connectivity index (χ3n) is 3.07. The first-order valence-electron chi connectivity index (χ1n) is 7.34. The van der Waals surface area contributed by atoms with Gasteiger partial charge in [-0.05, 0) is 27.2 Å². The minimum atomic E-state index is -1.98. The van der Waals surface area contributed by atoms with Crippen molar-refractivity contribution in [3.05, 3.63) is 0 Å². The summed E-state index contributed by atoms with van der Waals surface area (Å²) in [7, 11) is -1.98. The highest BCUT2D eigenvalue weighted by atomic mass is 28.3. The van der Waals surface area contributed by atoms with Crippen LogP contribution >= 0.6 is 0 Å². The van der Waals surface area contributed by atoms with E-state index in [9.17, 15) is 9.90 Å². The van der Waals surface area contributed by atoms with E-state index in [1.807, 2.05) is 20.8 Å². The summed E-state index contributed by atoms with van der Waals surface area (Å²) in [5.74, 6) is 0. The Morgan fingerprint density at radius 1 is 1.16 bits per heavy atom. The van der Waals surface area contributed by atoms with Crippen molar-refractivity contribution in [2.45, 2.75) is 59.0 Å². The zero-order chi connectivity index (χ0) is 14.7. The van der Waals surface area contributed by atoms with Gasteiger partial charge in [-0.25, -0.2) is 4.79 Å². The summed E-state index contributed by atoms with van der Waals surface area (Å²) in [5, 5.41) is 9.32. The molecule has 0 bridgehead atoms. The molecule has 19 heavy (non-hydrogen) atoms. The summed E-state index contributed by atoms with van der Waals surface area (Å²) in [6, 6.07) is 0. The first-order chi connectivity index (χ1) is 9.12. The fourth-order valence-corrected chi connectivity index (χ4v) is 4.49. The molecule has 0 fully saturated rings. The normalized spacial score (nSPS) is 12.7. The topological polar surface area (TPSA) is 59.0 Å². The molecule has 1 unspecified atom stereocenters. The van der Waals surface area contributed by atoms with Gasteiger partial charge >= 0.3 is 15.4 Å². The second-order valence-corrected chi connectivity index (χ2v) is 6.58. The number of unbranched alkanes of at least 4 members (excludes halogenated alkanes) is 2. The number of carboxylic acid groups (broad SMARTS) is 1. The summed E-state index contributed by atoms with van der Waals surface area (Å²) in [6.45, 7) is 9.51. The van der Waals surface area contributed by atoms with Gasteiger partial charge in [-0.2, -0.15) is 0 Å². The van der Waals surface area contributed by atoms with Crippen molar-refractivity contribution < 1.29 is 18.8 Å². The number of hydrogen-bond donors (Lipinski definition) is 1. The van der Waals surface area contributed by atoms with Crippen LogP contribution in [-0.4, -0.2) is 50.8 Å². The van der Waals surface area contributed by atoms with Gasteiger partial charge in [-0.1, -0.05) is 26.2 Å². The zero-order valence-electron chi connectivity index (χ0n) is 12.7. The molecule has 0 heterocycles. The van der Waals surface area contributed by atoms with E-state index in [4.69, 9.17) is 8.85 Å². The molecule has 0 spiro atoms. The summed E-state index contributed by atoms with van der Waals surface area (Å²) >= 11 is 0. The predicted molar refractivity (Wildman–Crippen MR) is 78.7 cm³/mol. The minimum absolute atomic E-state index is 0.0889. The van der Waals surface area contributed by atoms with Crippen molar-refractivity contribution in [1.29, 1.82) is 0 Å². The maximum Gasteiger partial charge on any atom is 0.407 e. The van der Waals surface area contributed by atoms with Gasteiger partial charge in [0.05, 0.1) is 5.67 Å². The highest BCUT2D eigenvalue weighted by molar-refractivity contribution is 6.46. The molecule has 0 aliphatic rings. The van der Waals surface area contributed by atoms with Crippen molar-refractivity contribution in [3.8, 4) is 0 Å². The largest absolute Gasteiger partial charge is 0.465 e. The van der Waals surface area contributed by atoms with Crippen LogP contribution < -0.4 is 0 Å². The van der Waals surface area contributed by atoms with E-state index in [2.05, 4.69) is 6.92 Å². The average Bonchev–Trinajstić information content (AvgIpc) is 2.37. The van der Waals surface area contributed by atoms with Crippen LogP contribution in [0.3, 0.4) is 0 Å². The molecule has 0 aliphatic carbocycles. The molecule has 5 nitrogen and oxygen atoms in total. The van der Waals surface area contributed by atoms with Crippen molar-refractivity contribution in [1.82, 2.24) is 4.90 Å². The van der Waals surface area contributed by atoms with Gasteiger partial charge in [0.2, 0.25) is 0 Å². The average molecular weight is 291 g/mol. The second-order valence-electron chi connectivity index (χ2n) is 4.41. The van der Waals surface area contributed by atoms with Crippen LogP contribution in [0.25, 0.3) is 0 Å². The van der Waals surface area contributed by atoms with Crippen LogP contribution in [0, 0.1) is 0 Å². The Bertz CT molecular complexity index is 235. The van der Waals surface area contributed by atoms with E-state index in [1.165, 1.54) is 4.90 Å². The van der Waals surface area contributed by atoms with E-state index in [0.29, 0.717) is 19.8 Å². The Balaban J connectivity index is 4.80. The molecule has 0 aromatic rings. The smallest absolute Gasteiger partial charge is 0.407 e. The molecule has 0 aromatic heterocycles. The lowest BCUT2D eigenvalue weighted by Crippen LogP contribution is -2.51. The predicted octanol–water partition coefficient (Wildman–Crippen LogP) is 2.77. The van der Waals surface area contributed by atoms with Crippen molar-refractivity contribution >= 4 is 15.4 Å². The van der Waals surface area contributed by atoms with Gasteiger partial charge in [0.1, 0.15) is 0 Å². The van der Waals surface area contributed by atoms with Crippen LogP contribution in [0.4, 0.5) is 4.79 Å². The summed E-state index contributed by atoms with van der Waals surface area (Å²) < 4.78 is 11.4. The number of rotatable bonds is 11. The molecule has 0 aromatic carbocycles. The molecular formula is C13H29NO4Si. The fraction of sp³-hybridized carbons (Fsp3) is 0.923. The van der Waals surface area contributed by atoms with Crippen LogP contribution in [0.1, 0.15) is 53.4 Å². The van der Waals surface area contributed by atoms with Crippen LogP contribution in [0.5, 0.6) is 0 Å². The molecular weight excluding hydrogens is 262 g/mol. The van der Waals surface area contributed by atoms with Gasteiger partial charge in [-0.15, -0.1) is 0 Å². The maximum atomic E-state index is 11.4. The Kier molecular flexibility index (Phi) is 10.9. The highest BCUT2D eigenvalue weighted by Crippen LogP contribution is 2.15. The summed E-state index contributed by atoms with van der Waals surface area (Å²) in [6.07, 6.45) is 3.23. The van der Waals surface area contributed by atoms with Crippen molar-refractivity contribution in [2.24, 2.45) is 0 Å². The number of nitrogens with zero attached hydrogens (tertiary/aromatic N) is 1.